The standard InChI is InChI=1S/C25H32FNO2/c1-18(2)20-9-12-22(13-10-20)27(3)15-21-11-14-24(25(26)23(21)16-28)29-17-19-7-5-4-6-8-19/h4-8,11,14,16,18,20,22H,9-10,12-13,15,17H2,1-3H3. The first-order valence-corrected chi connectivity index (χ1v) is 10.6. The molecule has 4 heteroatoms. The second-order valence-corrected chi connectivity index (χ2v) is 8.57. The molecule has 0 aliphatic heterocycles. The second kappa shape index (κ2) is 10.0. The molecule has 2 aromatic carbocycles. The van der Waals surface area contributed by atoms with Crippen LogP contribution < -0.4 is 4.74 Å². The number of hydrogen-bond donors (Lipinski definition) is 0. The molecule has 1 aliphatic carbocycles. The lowest BCUT2D eigenvalue weighted by atomic mass is 9.79. The quantitative estimate of drug-likeness (QED) is 0.522. The molecule has 1 aliphatic rings. The van der Waals surface area contributed by atoms with Gasteiger partial charge in [-0.2, -0.15) is 0 Å². The maximum Gasteiger partial charge on any atom is 0.175 e. The number of carbonyl (C=O) groups is 1. The summed E-state index contributed by atoms with van der Waals surface area (Å²) in [5, 5.41) is 0. The highest BCUT2D eigenvalue weighted by Gasteiger charge is 2.26. The molecule has 29 heavy (non-hydrogen) atoms. The van der Waals surface area contributed by atoms with Crippen molar-refractivity contribution >= 4 is 6.29 Å². The van der Waals surface area contributed by atoms with Gasteiger partial charge in [0.05, 0.1) is 5.56 Å². The first-order chi connectivity index (χ1) is 14.0. The van der Waals surface area contributed by atoms with Crippen molar-refractivity contribution in [2.24, 2.45) is 11.8 Å². The molecule has 3 rings (SSSR count). The second-order valence-electron chi connectivity index (χ2n) is 8.57. The van der Waals surface area contributed by atoms with E-state index in [1.165, 1.54) is 12.8 Å². The van der Waals surface area contributed by atoms with Crippen molar-refractivity contribution < 1.29 is 13.9 Å². The topological polar surface area (TPSA) is 29.5 Å². The van der Waals surface area contributed by atoms with Crippen LogP contribution in [0.25, 0.3) is 0 Å². The van der Waals surface area contributed by atoms with E-state index >= 15 is 0 Å². The smallest absolute Gasteiger partial charge is 0.175 e. The van der Waals surface area contributed by atoms with E-state index in [1.54, 1.807) is 6.07 Å². The van der Waals surface area contributed by atoms with Crippen LogP contribution in [0.2, 0.25) is 0 Å². The van der Waals surface area contributed by atoms with Crippen molar-refractivity contribution in [1.29, 1.82) is 0 Å². The fourth-order valence-corrected chi connectivity index (χ4v) is 4.33. The first-order valence-electron chi connectivity index (χ1n) is 10.6. The number of rotatable bonds is 8. The third kappa shape index (κ3) is 5.45. The molecule has 0 atom stereocenters. The van der Waals surface area contributed by atoms with Crippen molar-refractivity contribution in [3.63, 3.8) is 0 Å². The number of nitrogens with zero attached hydrogens (tertiary/aromatic N) is 1. The Morgan fingerprint density at radius 3 is 2.41 bits per heavy atom. The molecule has 156 valence electrons. The Kier molecular flexibility index (Phi) is 7.43. The van der Waals surface area contributed by atoms with Crippen LogP contribution in [0.15, 0.2) is 42.5 Å². The molecule has 0 saturated heterocycles. The maximum atomic E-state index is 14.9. The lowest BCUT2D eigenvalue weighted by Gasteiger charge is -2.36. The lowest BCUT2D eigenvalue weighted by molar-refractivity contribution is 0.111. The number of benzene rings is 2. The van der Waals surface area contributed by atoms with Crippen LogP contribution in [-0.4, -0.2) is 24.3 Å². The van der Waals surface area contributed by atoms with E-state index in [1.807, 2.05) is 36.4 Å². The van der Waals surface area contributed by atoms with Gasteiger partial charge in [0.25, 0.3) is 0 Å². The fourth-order valence-electron chi connectivity index (χ4n) is 4.33. The molecule has 0 bridgehead atoms. The van der Waals surface area contributed by atoms with E-state index < -0.39 is 5.82 Å². The van der Waals surface area contributed by atoms with E-state index in [2.05, 4.69) is 25.8 Å². The van der Waals surface area contributed by atoms with Gasteiger partial charge >= 0.3 is 0 Å². The average Bonchev–Trinajstić information content (AvgIpc) is 2.74. The highest BCUT2D eigenvalue weighted by atomic mass is 19.1. The third-order valence-corrected chi connectivity index (χ3v) is 6.32. The summed E-state index contributed by atoms with van der Waals surface area (Å²) in [6.45, 7) is 5.44. The molecule has 0 amide bonds. The van der Waals surface area contributed by atoms with Gasteiger partial charge in [0, 0.05) is 12.6 Å². The minimum atomic E-state index is -0.564. The van der Waals surface area contributed by atoms with Gasteiger partial charge in [0.1, 0.15) is 6.61 Å². The van der Waals surface area contributed by atoms with Gasteiger partial charge in [0.2, 0.25) is 0 Å². The summed E-state index contributed by atoms with van der Waals surface area (Å²) >= 11 is 0. The molecule has 0 radical (unpaired) electrons. The van der Waals surface area contributed by atoms with Crippen molar-refractivity contribution in [3.05, 3.63) is 65.0 Å². The van der Waals surface area contributed by atoms with E-state index in [9.17, 15) is 9.18 Å². The lowest BCUT2D eigenvalue weighted by Crippen LogP contribution is -2.35. The van der Waals surface area contributed by atoms with Crippen LogP contribution in [0.3, 0.4) is 0 Å². The summed E-state index contributed by atoms with van der Waals surface area (Å²) < 4.78 is 20.5. The van der Waals surface area contributed by atoms with E-state index in [4.69, 9.17) is 4.74 Å². The number of halogens is 1. The van der Waals surface area contributed by atoms with Gasteiger partial charge in [-0.25, -0.2) is 4.39 Å². The van der Waals surface area contributed by atoms with Gasteiger partial charge in [-0.15, -0.1) is 0 Å². The zero-order valence-electron chi connectivity index (χ0n) is 17.7. The average molecular weight is 398 g/mol. The molecule has 2 aromatic rings. The molecule has 0 heterocycles. The monoisotopic (exact) mass is 397 g/mol. The largest absolute Gasteiger partial charge is 0.486 e. The number of ether oxygens (including phenoxy) is 1. The van der Waals surface area contributed by atoms with E-state index in [0.717, 1.165) is 35.8 Å². The van der Waals surface area contributed by atoms with Crippen molar-refractivity contribution in [2.45, 2.75) is 58.7 Å². The van der Waals surface area contributed by atoms with Crippen LogP contribution in [0.4, 0.5) is 4.39 Å². The minimum absolute atomic E-state index is 0.110. The predicted molar refractivity (Wildman–Crippen MR) is 115 cm³/mol. The molecule has 0 spiro atoms. The molecule has 0 aromatic heterocycles. The Balaban J connectivity index is 1.65. The van der Waals surface area contributed by atoms with Gasteiger partial charge in [-0.3, -0.25) is 9.69 Å². The van der Waals surface area contributed by atoms with Crippen LogP contribution in [0, 0.1) is 17.7 Å². The van der Waals surface area contributed by atoms with E-state index in [-0.39, 0.29) is 17.9 Å². The SMILES string of the molecule is CC(C)C1CCC(N(C)Cc2ccc(OCc3ccccc3)c(F)c2C=O)CC1. The summed E-state index contributed by atoms with van der Waals surface area (Å²) in [4.78, 5) is 13.9. The summed E-state index contributed by atoms with van der Waals surface area (Å²) in [6.07, 6.45) is 5.43. The Hall–Kier alpha value is -2.20. The summed E-state index contributed by atoms with van der Waals surface area (Å²) in [6, 6.07) is 13.6. The van der Waals surface area contributed by atoms with Gasteiger partial charge in [-0.1, -0.05) is 50.2 Å². The molecule has 0 N–H and O–H groups in total. The summed E-state index contributed by atoms with van der Waals surface area (Å²) in [7, 11) is 2.08. The Morgan fingerprint density at radius 1 is 1.10 bits per heavy atom. The summed E-state index contributed by atoms with van der Waals surface area (Å²) in [5.41, 5.74) is 1.79. The highest BCUT2D eigenvalue weighted by molar-refractivity contribution is 5.78. The third-order valence-electron chi connectivity index (χ3n) is 6.32. The zero-order chi connectivity index (χ0) is 20.8. The number of hydrogen-bond acceptors (Lipinski definition) is 3. The van der Waals surface area contributed by atoms with Gasteiger partial charge in [-0.05, 0) is 61.8 Å². The van der Waals surface area contributed by atoms with Gasteiger partial charge < -0.3 is 4.74 Å². The predicted octanol–water partition coefficient (Wildman–Crippen LogP) is 5.86. The first kappa shape index (κ1) is 21.5. The van der Waals surface area contributed by atoms with Crippen molar-refractivity contribution in [2.75, 3.05) is 7.05 Å². The Labute approximate surface area is 173 Å². The van der Waals surface area contributed by atoms with Crippen LogP contribution >= 0.6 is 0 Å². The number of carbonyl (C=O) groups excluding carboxylic acids is 1. The molecule has 1 saturated carbocycles. The molecular weight excluding hydrogens is 365 g/mol. The molecular formula is C25H32FNO2. The molecule has 0 unspecified atom stereocenters. The highest BCUT2D eigenvalue weighted by Crippen LogP contribution is 2.33. The molecule has 1 fully saturated rings. The number of aldehydes is 1. The normalized spacial score (nSPS) is 19.5. The van der Waals surface area contributed by atoms with Crippen molar-refractivity contribution in [1.82, 2.24) is 4.90 Å². The van der Waals surface area contributed by atoms with Gasteiger partial charge in [0.15, 0.2) is 17.9 Å². The van der Waals surface area contributed by atoms with Crippen LogP contribution in [0.1, 0.15) is 61.0 Å². The molecule has 3 nitrogen and oxygen atoms in total. The minimum Gasteiger partial charge on any atom is -0.486 e. The van der Waals surface area contributed by atoms with E-state index in [0.29, 0.717) is 18.9 Å². The zero-order valence-corrected chi connectivity index (χ0v) is 17.7. The van der Waals surface area contributed by atoms with Crippen LogP contribution in [0.5, 0.6) is 5.75 Å². The Bertz CT molecular complexity index is 798. The summed E-state index contributed by atoms with van der Waals surface area (Å²) in [5.74, 6) is 1.11. The fraction of sp³-hybridized carbons (Fsp3) is 0.480. The maximum absolute atomic E-state index is 14.9. The Morgan fingerprint density at radius 2 is 1.79 bits per heavy atom. The van der Waals surface area contributed by atoms with Crippen molar-refractivity contribution in [3.8, 4) is 5.75 Å². The van der Waals surface area contributed by atoms with Crippen LogP contribution in [-0.2, 0) is 13.2 Å².